The van der Waals surface area contributed by atoms with Crippen LogP contribution < -0.4 is 4.90 Å². The van der Waals surface area contributed by atoms with Gasteiger partial charge in [0.15, 0.2) is 11.0 Å². The van der Waals surface area contributed by atoms with Crippen molar-refractivity contribution in [2.45, 2.75) is 25.3 Å². The van der Waals surface area contributed by atoms with E-state index in [9.17, 15) is 0 Å². The normalized spacial score (nSPS) is 15.9. The fourth-order valence-corrected chi connectivity index (χ4v) is 2.04. The Hall–Kier alpha value is -0.650. The summed E-state index contributed by atoms with van der Waals surface area (Å²) in [7, 11) is 0. The maximum absolute atomic E-state index is 9.05. The Balaban J connectivity index is 2.25. The Morgan fingerprint density at radius 1 is 1.31 bits per heavy atom. The van der Waals surface area contributed by atoms with Crippen LogP contribution in [0, 0.1) is 0 Å². The van der Waals surface area contributed by atoms with Gasteiger partial charge in [0.25, 0.3) is 0 Å². The number of nitrogens with zero attached hydrogens (tertiary/aromatic N) is 4. The van der Waals surface area contributed by atoms with Gasteiger partial charge in [0.1, 0.15) is 0 Å². The summed E-state index contributed by atoms with van der Waals surface area (Å²) in [5, 5.41) is 16.6. The number of rotatable bonds is 4. The molecule has 0 atom stereocenters. The fourth-order valence-electron chi connectivity index (χ4n) is 1.74. The highest BCUT2D eigenvalue weighted by Crippen LogP contribution is 2.31. The van der Waals surface area contributed by atoms with Gasteiger partial charge in [0.05, 0.1) is 6.61 Å². The van der Waals surface area contributed by atoms with Crippen molar-refractivity contribution in [1.82, 2.24) is 15.2 Å². The Morgan fingerprint density at radius 2 is 2.06 bits per heavy atom. The lowest BCUT2D eigenvalue weighted by atomic mass is 9.91. The predicted octanol–water partition coefficient (Wildman–Crippen LogP) is 1.53. The fraction of sp³-hybridized carbons (Fsp3) is 0.667. The van der Waals surface area contributed by atoms with Crippen LogP contribution in [-0.4, -0.2) is 39.5 Å². The average molecular weight is 263 g/mol. The Bertz CT molecular complexity index is 373. The van der Waals surface area contributed by atoms with E-state index >= 15 is 0 Å². The van der Waals surface area contributed by atoms with E-state index in [-0.39, 0.29) is 17.0 Å². The lowest BCUT2D eigenvalue weighted by Crippen LogP contribution is -2.42. The Kier molecular flexibility index (Phi) is 3.78. The first kappa shape index (κ1) is 11.8. The van der Waals surface area contributed by atoms with Crippen molar-refractivity contribution in [2.75, 3.05) is 18.1 Å². The van der Waals surface area contributed by atoms with E-state index in [1.165, 1.54) is 6.42 Å². The highest BCUT2D eigenvalue weighted by atomic mass is 35.5. The van der Waals surface area contributed by atoms with Gasteiger partial charge in [-0.15, -0.1) is 10.2 Å². The van der Waals surface area contributed by atoms with Crippen LogP contribution in [-0.2, 0) is 0 Å². The molecule has 1 heterocycles. The monoisotopic (exact) mass is 262 g/mol. The molecule has 1 N–H and O–H groups in total. The maximum Gasteiger partial charge on any atom is 0.245 e. The van der Waals surface area contributed by atoms with Crippen LogP contribution in [0.3, 0.4) is 0 Å². The summed E-state index contributed by atoms with van der Waals surface area (Å²) in [5.74, 6) is 0.514. The van der Waals surface area contributed by atoms with E-state index in [0.717, 1.165) is 12.8 Å². The van der Waals surface area contributed by atoms with Crippen LogP contribution in [0.2, 0.25) is 10.4 Å². The first-order chi connectivity index (χ1) is 7.72. The molecule has 1 fully saturated rings. The van der Waals surface area contributed by atoms with Crippen molar-refractivity contribution < 1.29 is 5.11 Å². The summed E-state index contributed by atoms with van der Waals surface area (Å²) in [5.41, 5.74) is 0. The minimum absolute atomic E-state index is 0.0501. The third-order valence-electron chi connectivity index (χ3n) is 2.73. The largest absolute Gasteiger partial charge is 0.395 e. The first-order valence-corrected chi connectivity index (χ1v) is 5.91. The predicted molar refractivity (Wildman–Crippen MR) is 61.9 cm³/mol. The molecule has 1 aromatic heterocycles. The molecule has 0 radical (unpaired) electrons. The van der Waals surface area contributed by atoms with Crippen LogP contribution in [0.5, 0.6) is 0 Å². The summed E-state index contributed by atoms with van der Waals surface area (Å²) < 4.78 is 0. The Labute approximate surface area is 103 Å². The minimum atomic E-state index is 0.0501. The number of anilines is 1. The molecule has 0 aromatic carbocycles. The number of halogens is 2. The van der Waals surface area contributed by atoms with Crippen LogP contribution in [0.4, 0.5) is 5.82 Å². The lowest BCUT2D eigenvalue weighted by molar-refractivity contribution is 0.283. The molecule has 7 heteroatoms. The second-order valence-corrected chi connectivity index (χ2v) is 4.39. The van der Waals surface area contributed by atoms with Crippen LogP contribution in [0.25, 0.3) is 0 Å². The van der Waals surface area contributed by atoms with Gasteiger partial charge in [-0.2, -0.15) is 4.98 Å². The molecule has 16 heavy (non-hydrogen) atoms. The van der Waals surface area contributed by atoms with Gasteiger partial charge in [-0.1, -0.05) is 11.6 Å². The molecule has 0 bridgehead atoms. The molecule has 0 unspecified atom stereocenters. The van der Waals surface area contributed by atoms with Crippen LogP contribution in [0.1, 0.15) is 19.3 Å². The van der Waals surface area contributed by atoms with Crippen molar-refractivity contribution in [3.63, 3.8) is 0 Å². The Morgan fingerprint density at radius 3 is 2.62 bits per heavy atom. The zero-order valence-corrected chi connectivity index (χ0v) is 10.1. The second-order valence-electron chi connectivity index (χ2n) is 3.70. The van der Waals surface area contributed by atoms with E-state index in [1.807, 2.05) is 4.90 Å². The lowest BCUT2D eigenvalue weighted by Gasteiger charge is -2.38. The highest BCUT2D eigenvalue weighted by Gasteiger charge is 2.27. The maximum atomic E-state index is 9.05. The van der Waals surface area contributed by atoms with Crippen molar-refractivity contribution in [1.29, 1.82) is 0 Å². The first-order valence-electron chi connectivity index (χ1n) is 5.15. The summed E-state index contributed by atoms with van der Waals surface area (Å²) in [4.78, 5) is 6.02. The topological polar surface area (TPSA) is 62.1 Å². The molecule has 2 rings (SSSR count). The number of aliphatic hydroxyl groups is 1. The van der Waals surface area contributed by atoms with Crippen LogP contribution in [0.15, 0.2) is 0 Å². The number of aromatic nitrogens is 3. The molecule has 0 amide bonds. The van der Waals surface area contributed by atoms with Gasteiger partial charge in [-0.3, -0.25) is 0 Å². The molecular weight excluding hydrogens is 251 g/mol. The third kappa shape index (κ3) is 2.36. The zero-order chi connectivity index (χ0) is 11.5. The van der Waals surface area contributed by atoms with Gasteiger partial charge < -0.3 is 10.0 Å². The van der Waals surface area contributed by atoms with Crippen molar-refractivity contribution in [3.05, 3.63) is 10.4 Å². The van der Waals surface area contributed by atoms with Gasteiger partial charge >= 0.3 is 0 Å². The summed E-state index contributed by atoms with van der Waals surface area (Å²) in [6, 6.07) is 0.373. The minimum Gasteiger partial charge on any atom is -0.395 e. The molecule has 1 aliphatic rings. The summed E-state index contributed by atoms with van der Waals surface area (Å²) >= 11 is 11.6. The molecule has 88 valence electrons. The van der Waals surface area contributed by atoms with Gasteiger partial charge in [-0.25, -0.2) is 0 Å². The average Bonchev–Trinajstić information content (AvgIpc) is 2.18. The van der Waals surface area contributed by atoms with Gasteiger partial charge in [-0.05, 0) is 30.9 Å². The van der Waals surface area contributed by atoms with E-state index in [1.54, 1.807) is 0 Å². The van der Waals surface area contributed by atoms with E-state index in [0.29, 0.717) is 18.4 Å². The smallest absolute Gasteiger partial charge is 0.245 e. The van der Waals surface area contributed by atoms with Crippen molar-refractivity contribution in [3.8, 4) is 0 Å². The molecule has 1 aromatic rings. The summed E-state index contributed by atoms with van der Waals surface area (Å²) in [6.45, 7) is 0.536. The second kappa shape index (κ2) is 5.12. The SMILES string of the molecule is OCCN(c1nc(Cl)nnc1Cl)C1CCC1. The summed E-state index contributed by atoms with van der Waals surface area (Å²) in [6.07, 6.45) is 3.35. The van der Waals surface area contributed by atoms with Crippen molar-refractivity contribution >= 4 is 29.0 Å². The molecule has 5 nitrogen and oxygen atoms in total. The molecule has 1 saturated carbocycles. The quantitative estimate of drug-likeness (QED) is 0.892. The van der Waals surface area contributed by atoms with Gasteiger partial charge in [0.2, 0.25) is 5.28 Å². The van der Waals surface area contributed by atoms with E-state index in [4.69, 9.17) is 28.3 Å². The van der Waals surface area contributed by atoms with Crippen LogP contribution >= 0.6 is 23.2 Å². The third-order valence-corrected chi connectivity index (χ3v) is 3.14. The van der Waals surface area contributed by atoms with E-state index < -0.39 is 0 Å². The highest BCUT2D eigenvalue weighted by molar-refractivity contribution is 6.32. The standard InChI is InChI=1S/C9H12Cl2N4O/c10-7-8(12-9(11)14-13-7)15(4-5-16)6-2-1-3-6/h6,16H,1-5H2. The van der Waals surface area contributed by atoms with Crippen molar-refractivity contribution in [2.24, 2.45) is 0 Å². The zero-order valence-electron chi connectivity index (χ0n) is 8.60. The number of hydrogen-bond acceptors (Lipinski definition) is 5. The molecule has 0 saturated heterocycles. The molecule has 0 aliphatic heterocycles. The number of aliphatic hydroxyl groups excluding tert-OH is 1. The molecule has 0 spiro atoms. The number of hydrogen-bond donors (Lipinski definition) is 1. The van der Waals surface area contributed by atoms with E-state index in [2.05, 4.69) is 15.2 Å². The molecular formula is C9H12Cl2N4O. The van der Waals surface area contributed by atoms with Gasteiger partial charge in [0, 0.05) is 12.6 Å². The molecule has 1 aliphatic carbocycles.